The van der Waals surface area contributed by atoms with Crippen LogP contribution in [-0.4, -0.2) is 31.4 Å². The first-order valence-corrected chi connectivity index (χ1v) is 8.50. The number of rotatable bonds is 4. The lowest BCUT2D eigenvalue weighted by Crippen LogP contribution is -2.19. The van der Waals surface area contributed by atoms with E-state index in [4.69, 9.17) is 9.68 Å². The molecule has 4 rings (SSSR count). The number of aromatic nitrogens is 4. The van der Waals surface area contributed by atoms with Gasteiger partial charge in [0.2, 0.25) is 0 Å². The average molecular weight is 376 g/mol. The van der Waals surface area contributed by atoms with Crippen molar-refractivity contribution in [2.75, 3.05) is 0 Å². The minimum Gasteiger partial charge on any atom is -0.330 e. The predicted octanol–water partition coefficient (Wildman–Crippen LogP) is 2.17. The standard InChI is InChI=1S/C20H16N4O4/c1-13-3-5-17-15(9-13)21-11-23(17)27-19(25)7-8-20(26)28-24-12-22-16-10-14(2)4-6-18(16)24/h3-12H,1-2H3. The van der Waals surface area contributed by atoms with E-state index in [0.29, 0.717) is 22.1 Å². The smallest absolute Gasteiger partial charge is 0.330 e. The van der Waals surface area contributed by atoms with Crippen molar-refractivity contribution in [3.8, 4) is 0 Å². The lowest BCUT2D eigenvalue weighted by Gasteiger charge is -2.03. The van der Waals surface area contributed by atoms with Crippen LogP contribution in [-0.2, 0) is 9.59 Å². The van der Waals surface area contributed by atoms with Crippen molar-refractivity contribution in [2.24, 2.45) is 0 Å². The van der Waals surface area contributed by atoms with E-state index in [1.54, 1.807) is 12.1 Å². The zero-order valence-corrected chi connectivity index (χ0v) is 15.2. The fourth-order valence-electron chi connectivity index (χ4n) is 2.74. The van der Waals surface area contributed by atoms with E-state index in [1.807, 2.05) is 38.1 Å². The van der Waals surface area contributed by atoms with E-state index in [0.717, 1.165) is 23.3 Å². The van der Waals surface area contributed by atoms with Crippen molar-refractivity contribution in [1.29, 1.82) is 0 Å². The van der Waals surface area contributed by atoms with Crippen molar-refractivity contribution in [1.82, 2.24) is 19.4 Å². The maximum absolute atomic E-state index is 12.0. The maximum atomic E-state index is 12.0. The number of aryl methyl sites for hydroxylation is 2. The second-order valence-electron chi connectivity index (χ2n) is 6.28. The molecule has 140 valence electrons. The number of fused-ring (bicyclic) bond motifs is 2. The van der Waals surface area contributed by atoms with Crippen LogP contribution < -0.4 is 9.68 Å². The Hall–Kier alpha value is -3.94. The van der Waals surface area contributed by atoms with Crippen molar-refractivity contribution in [3.63, 3.8) is 0 Å². The molecular formula is C20H16N4O4. The van der Waals surface area contributed by atoms with Crippen molar-refractivity contribution in [3.05, 3.63) is 72.3 Å². The monoisotopic (exact) mass is 376 g/mol. The lowest BCUT2D eigenvalue weighted by atomic mass is 10.2. The molecule has 0 amide bonds. The third kappa shape index (κ3) is 3.48. The molecule has 0 N–H and O–H groups in total. The topological polar surface area (TPSA) is 88.2 Å². The van der Waals surface area contributed by atoms with E-state index in [1.165, 1.54) is 22.1 Å². The first-order valence-electron chi connectivity index (χ1n) is 8.50. The molecule has 0 bridgehead atoms. The Balaban J connectivity index is 1.42. The Bertz CT molecular complexity index is 1140. The molecule has 0 unspecified atom stereocenters. The normalized spacial score (nSPS) is 11.4. The number of hydrogen-bond acceptors (Lipinski definition) is 6. The van der Waals surface area contributed by atoms with E-state index in [2.05, 4.69) is 9.97 Å². The van der Waals surface area contributed by atoms with Gasteiger partial charge in [-0.1, -0.05) is 12.1 Å². The zero-order chi connectivity index (χ0) is 19.7. The number of imidazole rings is 2. The van der Waals surface area contributed by atoms with Gasteiger partial charge in [0.1, 0.15) is 23.7 Å². The van der Waals surface area contributed by atoms with Crippen molar-refractivity contribution >= 4 is 34.0 Å². The van der Waals surface area contributed by atoms with E-state index >= 15 is 0 Å². The summed E-state index contributed by atoms with van der Waals surface area (Å²) in [5, 5.41) is 0. The molecular weight excluding hydrogens is 360 g/mol. The van der Waals surface area contributed by atoms with Gasteiger partial charge in [0.15, 0.2) is 0 Å². The van der Waals surface area contributed by atoms with Crippen LogP contribution >= 0.6 is 0 Å². The Morgan fingerprint density at radius 3 is 1.64 bits per heavy atom. The second kappa shape index (κ2) is 6.99. The number of carbonyl (C=O) groups excluding carboxylic acids is 2. The minimum atomic E-state index is -0.733. The number of carbonyl (C=O) groups is 2. The van der Waals surface area contributed by atoms with Crippen LogP contribution in [0.3, 0.4) is 0 Å². The summed E-state index contributed by atoms with van der Waals surface area (Å²) in [6.07, 6.45) is 4.78. The van der Waals surface area contributed by atoms with E-state index in [-0.39, 0.29) is 0 Å². The lowest BCUT2D eigenvalue weighted by molar-refractivity contribution is -0.140. The van der Waals surface area contributed by atoms with Gasteiger partial charge in [0.25, 0.3) is 0 Å². The van der Waals surface area contributed by atoms with Crippen LogP contribution in [0.15, 0.2) is 61.2 Å². The molecule has 0 fully saturated rings. The highest BCUT2D eigenvalue weighted by molar-refractivity contribution is 5.92. The van der Waals surface area contributed by atoms with Crippen molar-refractivity contribution < 1.29 is 19.3 Å². The first-order chi connectivity index (χ1) is 13.5. The highest BCUT2D eigenvalue weighted by atomic mass is 16.7. The van der Waals surface area contributed by atoms with E-state index < -0.39 is 11.9 Å². The zero-order valence-electron chi connectivity index (χ0n) is 15.2. The molecule has 8 nitrogen and oxygen atoms in total. The molecule has 0 saturated carbocycles. The third-order valence-electron chi connectivity index (χ3n) is 4.07. The van der Waals surface area contributed by atoms with Crippen LogP contribution in [0.4, 0.5) is 0 Å². The summed E-state index contributed by atoms with van der Waals surface area (Å²) in [6.45, 7) is 3.90. The van der Waals surface area contributed by atoms with Gasteiger partial charge < -0.3 is 9.68 Å². The van der Waals surface area contributed by atoms with Crippen LogP contribution in [0, 0.1) is 13.8 Å². The number of hydrogen-bond donors (Lipinski definition) is 0. The molecule has 4 aromatic rings. The number of nitrogens with zero attached hydrogens (tertiary/aromatic N) is 4. The van der Waals surface area contributed by atoms with Crippen molar-refractivity contribution in [2.45, 2.75) is 13.8 Å². The first kappa shape index (κ1) is 17.5. The summed E-state index contributed by atoms with van der Waals surface area (Å²) >= 11 is 0. The molecule has 0 aliphatic rings. The molecule has 0 aliphatic carbocycles. The third-order valence-corrected chi connectivity index (χ3v) is 4.07. The molecule has 0 spiro atoms. The van der Waals surface area contributed by atoms with Gasteiger partial charge >= 0.3 is 11.9 Å². The van der Waals surface area contributed by atoms with Gasteiger partial charge in [-0.2, -0.15) is 9.46 Å². The molecule has 0 radical (unpaired) electrons. The van der Waals surface area contributed by atoms with Crippen LogP contribution in [0.5, 0.6) is 0 Å². The number of benzene rings is 2. The second-order valence-corrected chi connectivity index (χ2v) is 6.28. The van der Waals surface area contributed by atoms with Gasteiger partial charge in [-0.05, 0) is 49.2 Å². The fourth-order valence-corrected chi connectivity index (χ4v) is 2.74. The molecule has 8 heteroatoms. The SMILES string of the molecule is Cc1ccc2c(c1)ncn2OC(=O)C=CC(=O)On1cnc2cc(C)ccc21. The van der Waals surface area contributed by atoms with Crippen LogP contribution in [0.1, 0.15) is 11.1 Å². The Labute approximate surface area is 159 Å². The summed E-state index contributed by atoms with van der Waals surface area (Å²) < 4.78 is 2.50. The van der Waals surface area contributed by atoms with Gasteiger partial charge in [0.05, 0.1) is 11.0 Å². The largest absolute Gasteiger partial charge is 0.356 e. The summed E-state index contributed by atoms with van der Waals surface area (Å²) in [6, 6.07) is 11.1. The van der Waals surface area contributed by atoms with Gasteiger partial charge in [-0.3, -0.25) is 0 Å². The molecule has 2 aromatic carbocycles. The fraction of sp³-hybridized carbons (Fsp3) is 0.100. The predicted molar refractivity (Wildman–Crippen MR) is 101 cm³/mol. The summed E-state index contributed by atoms with van der Waals surface area (Å²) in [5.74, 6) is -1.47. The molecule has 2 aromatic heterocycles. The molecule has 28 heavy (non-hydrogen) atoms. The molecule has 0 aliphatic heterocycles. The van der Waals surface area contributed by atoms with Gasteiger partial charge in [0, 0.05) is 12.2 Å². The molecule has 2 heterocycles. The molecule has 0 atom stereocenters. The van der Waals surface area contributed by atoms with Gasteiger partial charge in [-0.15, -0.1) is 0 Å². The molecule has 0 saturated heterocycles. The Morgan fingerprint density at radius 2 is 1.21 bits per heavy atom. The maximum Gasteiger partial charge on any atom is 0.356 e. The minimum absolute atomic E-state index is 0.648. The summed E-state index contributed by atoms with van der Waals surface area (Å²) in [5.41, 5.74) is 4.81. The summed E-state index contributed by atoms with van der Waals surface area (Å²) in [4.78, 5) is 42.7. The quantitative estimate of drug-likeness (QED) is 0.507. The van der Waals surface area contributed by atoms with Crippen LogP contribution in [0.25, 0.3) is 22.1 Å². The average Bonchev–Trinajstić information content (AvgIpc) is 3.23. The highest BCUT2D eigenvalue weighted by Crippen LogP contribution is 2.14. The Kier molecular flexibility index (Phi) is 4.36. The summed E-state index contributed by atoms with van der Waals surface area (Å²) in [7, 11) is 0. The Morgan fingerprint density at radius 1 is 0.786 bits per heavy atom. The highest BCUT2D eigenvalue weighted by Gasteiger charge is 2.09. The van der Waals surface area contributed by atoms with Gasteiger partial charge in [-0.25, -0.2) is 19.6 Å². The van der Waals surface area contributed by atoms with Crippen LogP contribution in [0.2, 0.25) is 0 Å². The van der Waals surface area contributed by atoms with E-state index in [9.17, 15) is 9.59 Å².